The van der Waals surface area contributed by atoms with E-state index in [1.165, 1.54) is 0 Å². The van der Waals surface area contributed by atoms with Crippen molar-refractivity contribution in [2.75, 3.05) is 29.0 Å². The largest absolute Gasteiger partial charge is 0.368 e. The number of para-hydroxylation sites is 1. The number of nitrogen functional groups attached to an aromatic ring is 1. The maximum Gasteiger partial charge on any atom is 0.321 e. The topological polar surface area (TPSA) is 125 Å². The Morgan fingerprint density at radius 3 is 2.97 bits per heavy atom. The van der Waals surface area contributed by atoms with Gasteiger partial charge in [0.15, 0.2) is 5.65 Å². The Bertz CT molecular complexity index is 1310. The van der Waals surface area contributed by atoms with Crippen molar-refractivity contribution in [3.63, 3.8) is 0 Å². The molecule has 33 heavy (non-hydrogen) atoms. The summed E-state index contributed by atoms with van der Waals surface area (Å²) < 4.78 is 0. The highest BCUT2D eigenvalue weighted by molar-refractivity contribution is 6.30. The predicted molar refractivity (Wildman–Crippen MR) is 130 cm³/mol. The summed E-state index contributed by atoms with van der Waals surface area (Å²) in [5, 5.41) is 14.8. The lowest BCUT2D eigenvalue weighted by Gasteiger charge is -2.35. The summed E-state index contributed by atoms with van der Waals surface area (Å²) in [4.78, 5) is 23.4. The van der Waals surface area contributed by atoms with Crippen LogP contribution in [0.4, 0.5) is 22.2 Å². The van der Waals surface area contributed by atoms with E-state index in [-0.39, 0.29) is 18.0 Å². The zero-order chi connectivity index (χ0) is 22.8. The van der Waals surface area contributed by atoms with E-state index >= 15 is 0 Å². The number of fused-ring (bicyclic) bond motifs is 2. The summed E-state index contributed by atoms with van der Waals surface area (Å²) in [6, 6.07) is 15.4. The first-order chi connectivity index (χ1) is 16.1. The molecule has 5 N–H and O–H groups in total. The van der Waals surface area contributed by atoms with Crippen molar-refractivity contribution in [2.24, 2.45) is 0 Å². The lowest BCUT2D eigenvalue weighted by molar-refractivity contribution is 0.245. The molecule has 1 aliphatic heterocycles. The monoisotopic (exact) mass is 462 g/mol. The minimum Gasteiger partial charge on any atom is -0.368 e. The SMILES string of the molecule is Nc1nc(NC2Cc3ccccc3N(C(=O)NCCc3cccc(Cl)c3)C2)c2cn[nH]c2n1. The van der Waals surface area contributed by atoms with Crippen LogP contribution < -0.4 is 21.3 Å². The molecule has 4 aromatic rings. The van der Waals surface area contributed by atoms with E-state index in [0.717, 1.165) is 28.6 Å². The Morgan fingerprint density at radius 1 is 1.21 bits per heavy atom. The fourth-order valence-electron chi connectivity index (χ4n) is 4.14. The van der Waals surface area contributed by atoms with E-state index in [4.69, 9.17) is 17.3 Å². The molecule has 0 fully saturated rings. The van der Waals surface area contributed by atoms with Crippen molar-refractivity contribution in [1.82, 2.24) is 25.5 Å². The molecule has 0 bridgehead atoms. The number of urea groups is 1. The number of anilines is 3. The first kappa shape index (κ1) is 21.0. The van der Waals surface area contributed by atoms with Crippen LogP contribution in [0.5, 0.6) is 0 Å². The van der Waals surface area contributed by atoms with Crippen molar-refractivity contribution >= 4 is 46.1 Å². The van der Waals surface area contributed by atoms with E-state index < -0.39 is 0 Å². The number of rotatable bonds is 5. The molecular formula is C23H23ClN8O. The minimum atomic E-state index is -0.147. The number of nitrogens with two attached hydrogens (primary N) is 1. The van der Waals surface area contributed by atoms with Gasteiger partial charge in [0.05, 0.1) is 11.6 Å². The second-order valence-corrected chi connectivity index (χ2v) is 8.40. The highest BCUT2D eigenvalue weighted by atomic mass is 35.5. The number of amides is 2. The third kappa shape index (κ3) is 4.54. The molecule has 2 amide bonds. The summed E-state index contributed by atoms with van der Waals surface area (Å²) in [7, 11) is 0. The first-order valence-corrected chi connectivity index (χ1v) is 11.1. The van der Waals surface area contributed by atoms with Crippen LogP contribution in [-0.4, -0.2) is 45.3 Å². The second-order valence-electron chi connectivity index (χ2n) is 7.96. The van der Waals surface area contributed by atoms with Gasteiger partial charge in [-0.25, -0.2) is 4.79 Å². The Balaban J connectivity index is 1.32. The van der Waals surface area contributed by atoms with Crippen molar-refractivity contribution in [3.05, 3.63) is 70.9 Å². The van der Waals surface area contributed by atoms with E-state index in [1.54, 1.807) is 11.1 Å². The lowest BCUT2D eigenvalue weighted by atomic mass is 9.98. The number of H-pyrrole nitrogens is 1. The summed E-state index contributed by atoms with van der Waals surface area (Å²) in [6.07, 6.45) is 3.10. The lowest BCUT2D eigenvalue weighted by Crippen LogP contribution is -2.50. The number of hydrogen-bond acceptors (Lipinski definition) is 6. The molecule has 3 heterocycles. The van der Waals surface area contributed by atoms with Gasteiger partial charge in [-0.2, -0.15) is 15.1 Å². The van der Waals surface area contributed by atoms with Crippen molar-refractivity contribution in [1.29, 1.82) is 0 Å². The first-order valence-electron chi connectivity index (χ1n) is 10.7. The molecule has 0 aliphatic carbocycles. The van der Waals surface area contributed by atoms with Crippen LogP contribution in [-0.2, 0) is 12.8 Å². The average molecular weight is 463 g/mol. The van der Waals surface area contributed by atoms with Gasteiger partial charge in [0.1, 0.15) is 5.82 Å². The molecule has 0 saturated heterocycles. The van der Waals surface area contributed by atoms with Crippen molar-refractivity contribution in [3.8, 4) is 0 Å². The van der Waals surface area contributed by atoms with Crippen molar-refractivity contribution in [2.45, 2.75) is 18.9 Å². The molecule has 2 aromatic carbocycles. The van der Waals surface area contributed by atoms with E-state index in [2.05, 4.69) is 30.8 Å². The fourth-order valence-corrected chi connectivity index (χ4v) is 4.35. The summed E-state index contributed by atoms with van der Waals surface area (Å²) >= 11 is 6.06. The Hall–Kier alpha value is -3.85. The molecule has 2 aromatic heterocycles. The molecule has 0 radical (unpaired) electrons. The summed E-state index contributed by atoms with van der Waals surface area (Å²) in [5.74, 6) is 0.748. The molecular weight excluding hydrogens is 440 g/mol. The third-order valence-corrected chi connectivity index (χ3v) is 5.88. The zero-order valence-electron chi connectivity index (χ0n) is 17.8. The molecule has 0 spiro atoms. The standard InChI is InChI=1S/C23H23ClN8O/c24-16-6-3-4-14(10-16)8-9-26-23(33)32-13-17(11-15-5-1-2-7-19(15)32)28-20-18-12-27-31-21(18)30-22(25)29-20/h1-7,10,12,17H,8-9,11,13H2,(H,26,33)(H4,25,27,28,29,30,31). The average Bonchev–Trinajstić information content (AvgIpc) is 3.27. The molecule has 9 nitrogen and oxygen atoms in total. The molecule has 1 atom stereocenters. The Labute approximate surface area is 195 Å². The number of nitrogens with zero attached hydrogens (tertiary/aromatic N) is 4. The van der Waals surface area contributed by atoms with E-state index in [0.29, 0.717) is 36.0 Å². The van der Waals surface area contributed by atoms with Gasteiger partial charge in [-0.05, 0) is 42.2 Å². The molecule has 0 saturated carbocycles. The maximum atomic E-state index is 13.1. The van der Waals surface area contributed by atoms with Crippen molar-refractivity contribution < 1.29 is 4.79 Å². The Kier molecular flexibility index (Phi) is 5.70. The molecule has 168 valence electrons. The predicted octanol–water partition coefficient (Wildman–Crippen LogP) is 3.38. The molecule has 1 unspecified atom stereocenters. The van der Waals surface area contributed by atoms with E-state index in [1.807, 2.05) is 48.5 Å². The van der Waals surface area contributed by atoms with E-state index in [9.17, 15) is 4.79 Å². The number of halogens is 1. The van der Waals surface area contributed by atoms with Gasteiger partial charge in [0.25, 0.3) is 0 Å². The number of hydrogen-bond donors (Lipinski definition) is 4. The van der Waals surface area contributed by atoms with Gasteiger partial charge in [0, 0.05) is 29.8 Å². The minimum absolute atomic E-state index is 0.0639. The van der Waals surface area contributed by atoms with Crippen LogP contribution in [0.25, 0.3) is 11.0 Å². The zero-order valence-corrected chi connectivity index (χ0v) is 18.5. The fraction of sp³-hybridized carbons (Fsp3) is 0.217. The number of benzene rings is 2. The normalized spacial score (nSPS) is 15.3. The summed E-state index contributed by atoms with van der Waals surface area (Å²) in [6.45, 7) is 0.983. The highest BCUT2D eigenvalue weighted by Crippen LogP contribution is 2.29. The number of carbonyl (C=O) groups excluding carboxylic acids is 1. The van der Waals surface area contributed by atoms with Gasteiger partial charge >= 0.3 is 6.03 Å². The second kappa shape index (κ2) is 8.95. The van der Waals surface area contributed by atoms with Gasteiger partial charge in [0.2, 0.25) is 5.95 Å². The highest BCUT2D eigenvalue weighted by Gasteiger charge is 2.29. The van der Waals surface area contributed by atoms with Gasteiger partial charge < -0.3 is 16.4 Å². The molecule has 5 rings (SSSR count). The number of aromatic amines is 1. The molecule has 10 heteroatoms. The van der Waals surface area contributed by atoms with Crippen LogP contribution in [0, 0.1) is 0 Å². The quantitative estimate of drug-likeness (QED) is 0.360. The summed E-state index contributed by atoms with van der Waals surface area (Å²) in [5.41, 5.74) is 9.49. The smallest absolute Gasteiger partial charge is 0.321 e. The maximum absolute atomic E-state index is 13.1. The van der Waals surface area contributed by atoms with Gasteiger partial charge in [-0.1, -0.05) is 41.9 Å². The third-order valence-electron chi connectivity index (χ3n) is 5.64. The number of nitrogens with one attached hydrogen (secondary N) is 3. The molecule has 1 aliphatic rings. The van der Waals surface area contributed by atoms with Crippen LogP contribution >= 0.6 is 11.6 Å². The number of carbonyl (C=O) groups is 1. The van der Waals surface area contributed by atoms with Gasteiger partial charge in [-0.15, -0.1) is 0 Å². The van der Waals surface area contributed by atoms with Crippen LogP contribution in [0.3, 0.4) is 0 Å². The van der Waals surface area contributed by atoms with Crippen LogP contribution in [0.15, 0.2) is 54.7 Å². The van der Waals surface area contributed by atoms with Crippen LogP contribution in [0.1, 0.15) is 11.1 Å². The number of aromatic nitrogens is 4. The Morgan fingerprint density at radius 2 is 2.09 bits per heavy atom. The van der Waals surface area contributed by atoms with Gasteiger partial charge in [-0.3, -0.25) is 10.00 Å². The van der Waals surface area contributed by atoms with Crippen LogP contribution in [0.2, 0.25) is 5.02 Å².